The van der Waals surface area contributed by atoms with Crippen LogP contribution in [0.15, 0.2) is 12.2 Å². The van der Waals surface area contributed by atoms with Crippen LogP contribution >= 0.6 is 0 Å². The van der Waals surface area contributed by atoms with Crippen molar-refractivity contribution in [2.75, 3.05) is 6.61 Å². The third kappa shape index (κ3) is 9.26. The Bertz CT molecular complexity index is 233. The van der Waals surface area contributed by atoms with Crippen molar-refractivity contribution in [3.05, 3.63) is 12.2 Å². The zero-order valence-corrected chi connectivity index (χ0v) is 11.7. The molecule has 104 valence electrons. The predicted molar refractivity (Wildman–Crippen MR) is 75.5 cm³/mol. The van der Waals surface area contributed by atoms with Crippen molar-refractivity contribution in [3.63, 3.8) is 0 Å². The van der Waals surface area contributed by atoms with E-state index >= 15 is 0 Å². The third-order valence-corrected chi connectivity index (χ3v) is 3.45. The van der Waals surface area contributed by atoms with E-state index in [1.54, 1.807) is 0 Å². The molecule has 0 aromatic carbocycles. The summed E-state index contributed by atoms with van der Waals surface area (Å²) in [5.74, 6) is -0.000729. The molecule has 0 saturated heterocycles. The Hall–Kier alpha value is -0.790. The molecule has 0 unspecified atom stereocenters. The smallest absolute Gasteiger partial charge is 0.305 e. The summed E-state index contributed by atoms with van der Waals surface area (Å²) >= 11 is 0. The van der Waals surface area contributed by atoms with Gasteiger partial charge in [-0.05, 0) is 38.5 Å². The van der Waals surface area contributed by atoms with Crippen LogP contribution in [0.4, 0.5) is 0 Å². The van der Waals surface area contributed by atoms with Crippen LogP contribution in [0.3, 0.4) is 0 Å². The number of hydrogen-bond acceptors (Lipinski definition) is 2. The van der Waals surface area contributed by atoms with Gasteiger partial charge in [0, 0.05) is 6.42 Å². The maximum absolute atomic E-state index is 11.4. The lowest BCUT2D eigenvalue weighted by Gasteiger charge is -2.04. The fourth-order valence-corrected chi connectivity index (χ4v) is 2.27. The molecule has 0 radical (unpaired) electrons. The minimum atomic E-state index is -0.000729. The van der Waals surface area contributed by atoms with Crippen molar-refractivity contribution in [2.45, 2.75) is 77.0 Å². The van der Waals surface area contributed by atoms with Gasteiger partial charge in [-0.3, -0.25) is 4.79 Å². The highest BCUT2D eigenvalue weighted by atomic mass is 16.5. The molecular formula is C16H28O2. The highest BCUT2D eigenvalue weighted by molar-refractivity contribution is 5.69. The first-order valence-corrected chi connectivity index (χ1v) is 7.70. The molecule has 18 heavy (non-hydrogen) atoms. The molecule has 0 N–H and O–H groups in total. The molecule has 0 fully saturated rings. The van der Waals surface area contributed by atoms with E-state index in [0.29, 0.717) is 13.0 Å². The van der Waals surface area contributed by atoms with Gasteiger partial charge in [0.05, 0.1) is 6.61 Å². The number of rotatable bonds is 0. The maximum atomic E-state index is 11.4. The molecule has 1 rings (SSSR count). The summed E-state index contributed by atoms with van der Waals surface area (Å²) in [5.41, 5.74) is 0. The van der Waals surface area contributed by atoms with Gasteiger partial charge in [0.15, 0.2) is 0 Å². The van der Waals surface area contributed by atoms with Crippen molar-refractivity contribution in [1.82, 2.24) is 0 Å². The summed E-state index contributed by atoms with van der Waals surface area (Å²) in [6.45, 7) is 0.624. The van der Waals surface area contributed by atoms with Gasteiger partial charge in [-0.15, -0.1) is 0 Å². The normalized spacial score (nSPS) is 22.1. The Labute approximate surface area is 112 Å². The SMILES string of the molecule is O=C1CCCCCCC=CCCCCCCCO1. The monoisotopic (exact) mass is 252 g/mol. The van der Waals surface area contributed by atoms with Crippen molar-refractivity contribution < 1.29 is 9.53 Å². The molecule has 1 heterocycles. The van der Waals surface area contributed by atoms with E-state index in [2.05, 4.69) is 12.2 Å². The molecule has 0 bridgehead atoms. The van der Waals surface area contributed by atoms with Crippen molar-refractivity contribution in [2.24, 2.45) is 0 Å². The molecule has 0 spiro atoms. The van der Waals surface area contributed by atoms with Crippen LogP contribution in [0.2, 0.25) is 0 Å². The predicted octanol–water partition coefficient (Wildman–Crippen LogP) is 4.78. The lowest BCUT2D eigenvalue weighted by Crippen LogP contribution is -2.05. The molecular weight excluding hydrogens is 224 g/mol. The summed E-state index contributed by atoms with van der Waals surface area (Å²) in [6, 6.07) is 0. The van der Waals surface area contributed by atoms with Crippen LogP contribution in [-0.4, -0.2) is 12.6 Å². The molecule has 2 nitrogen and oxygen atoms in total. The van der Waals surface area contributed by atoms with E-state index in [0.717, 1.165) is 19.3 Å². The van der Waals surface area contributed by atoms with Gasteiger partial charge in [0.1, 0.15) is 0 Å². The fraction of sp³-hybridized carbons (Fsp3) is 0.812. The number of allylic oxidation sites excluding steroid dienone is 2. The summed E-state index contributed by atoms with van der Waals surface area (Å²) in [4.78, 5) is 11.4. The van der Waals surface area contributed by atoms with Gasteiger partial charge < -0.3 is 4.74 Å². The maximum Gasteiger partial charge on any atom is 0.305 e. The van der Waals surface area contributed by atoms with Crippen LogP contribution in [0.25, 0.3) is 0 Å². The second-order valence-electron chi connectivity index (χ2n) is 5.20. The second kappa shape index (κ2) is 11.3. The number of esters is 1. The first kappa shape index (κ1) is 15.3. The highest BCUT2D eigenvalue weighted by Crippen LogP contribution is 2.10. The topological polar surface area (TPSA) is 26.3 Å². The van der Waals surface area contributed by atoms with Gasteiger partial charge in [-0.1, -0.05) is 44.3 Å². The zero-order valence-electron chi connectivity index (χ0n) is 11.7. The minimum Gasteiger partial charge on any atom is -0.466 e. The number of ether oxygens (including phenoxy) is 1. The number of hydrogen-bond donors (Lipinski definition) is 0. The average Bonchev–Trinajstić information content (AvgIpc) is 2.37. The van der Waals surface area contributed by atoms with Crippen molar-refractivity contribution >= 4 is 5.97 Å². The molecule has 0 saturated carbocycles. The standard InChI is InChI=1S/C16H28O2/c17-16-14-12-10-8-6-4-2-1-3-5-7-9-11-13-15-18-16/h1-2H,3-15H2. The van der Waals surface area contributed by atoms with Crippen molar-refractivity contribution in [1.29, 1.82) is 0 Å². The van der Waals surface area contributed by atoms with E-state index in [1.165, 1.54) is 51.4 Å². The third-order valence-electron chi connectivity index (χ3n) is 3.45. The first-order valence-electron chi connectivity index (χ1n) is 7.70. The van der Waals surface area contributed by atoms with E-state index in [4.69, 9.17) is 4.74 Å². The largest absolute Gasteiger partial charge is 0.466 e. The first-order chi connectivity index (χ1) is 8.89. The number of carbonyl (C=O) groups is 1. The van der Waals surface area contributed by atoms with Gasteiger partial charge in [-0.2, -0.15) is 0 Å². The van der Waals surface area contributed by atoms with E-state index in [1.807, 2.05) is 0 Å². The fourth-order valence-electron chi connectivity index (χ4n) is 2.27. The number of carbonyl (C=O) groups excluding carboxylic acids is 1. The quantitative estimate of drug-likeness (QED) is 0.458. The van der Waals surface area contributed by atoms with Crippen LogP contribution < -0.4 is 0 Å². The average molecular weight is 252 g/mol. The van der Waals surface area contributed by atoms with Crippen LogP contribution in [0, 0.1) is 0 Å². The molecule has 0 aliphatic carbocycles. The Morgan fingerprint density at radius 2 is 1.28 bits per heavy atom. The Morgan fingerprint density at radius 1 is 0.722 bits per heavy atom. The molecule has 1 aliphatic heterocycles. The zero-order chi connectivity index (χ0) is 12.9. The minimum absolute atomic E-state index is 0.000729. The lowest BCUT2D eigenvalue weighted by atomic mass is 10.1. The van der Waals surface area contributed by atoms with Gasteiger partial charge in [0.2, 0.25) is 0 Å². The molecule has 2 heteroatoms. The lowest BCUT2D eigenvalue weighted by molar-refractivity contribution is -0.143. The highest BCUT2D eigenvalue weighted by Gasteiger charge is 2.02. The molecule has 0 aromatic heterocycles. The summed E-state index contributed by atoms with van der Waals surface area (Å²) in [7, 11) is 0. The van der Waals surface area contributed by atoms with E-state index in [-0.39, 0.29) is 5.97 Å². The Kier molecular flexibility index (Phi) is 9.59. The van der Waals surface area contributed by atoms with Crippen LogP contribution in [0.5, 0.6) is 0 Å². The summed E-state index contributed by atoms with van der Waals surface area (Å²) in [6.07, 6.45) is 18.4. The van der Waals surface area contributed by atoms with Crippen LogP contribution in [-0.2, 0) is 9.53 Å². The van der Waals surface area contributed by atoms with Gasteiger partial charge in [0.25, 0.3) is 0 Å². The molecule has 0 aromatic rings. The van der Waals surface area contributed by atoms with Gasteiger partial charge in [-0.25, -0.2) is 0 Å². The molecule has 0 atom stereocenters. The Morgan fingerprint density at radius 3 is 2.00 bits per heavy atom. The summed E-state index contributed by atoms with van der Waals surface area (Å²) < 4.78 is 5.22. The van der Waals surface area contributed by atoms with Gasteiger partial charge >= 0.3 is 5.97 Å². The van der Waals surface area contributed by atoms with Crippen LogP contribution in [0.1, 0.15) is 77.0 Å². The summed E-state index contributed by atoms with van der Waals surface area (Å²) in [5, 5.41) is 0. The molecule has 1 aliphatic rings. The van der Waals surface area contributed by atoms with Crippen molar-refractivity contribution in [3.8, 4) is 0 Å². The Balaban J connectivity index is 2.17. The number of cyclic esters (lactones) is 1. The second-order valence-corrected chi connectivity index (χ2v) is 5.20. The van der Waals surface area contributed by atoms with E-state index in [9.17, 15) is 4.79 Å². The molecule has 0 amide bonds. The van der Waals surface area contributed by atoms with E-state index < -0.39 is 0 Å².